The standard InChI is InChI=1S/C15H12F3NO/c1-19(2)10-5-3-4-9(8-10)15(20)11-6-7-12(16)14(18)13(11)17/h3-8H,1-2H3. The van der Waals surface area contributed by atoms with Crippen molar-refractivity contribution in [3.63, 3.8) is 0 Å². The van der Waals surface area contributed by atoms with E-state index in [9.17, 15) is 18.0 Å². The van der Waals surface area contributed by atoms with Gasteiger partial charge in [0, 0.05) is 25.3 Å². The van der Waals surface area contributed by atoms with Gasteiger partial charge in [-0.3, -0.25) is 4.79 Å². The van der Waals surface area contributed by atoms with Gasteiger partial charge in [-0.15, -0.1) is 0 Å². The van der Waals surface area contributed by atoms with Gasteiger partial charge in [0.25, 0.3) is 0 Å². The summed E-state index contributed by atoms with van der Waals surface area (Å²) in [7, 11) is 3.59. The van der Waals surface area contributed by atoms with Crippen molar-refractivity contribution in [2.75, 3.05) is 19.0 Å². The van der Waals surface area contributed by atoms with E-state index in [1.165, 1.54) is 6.07 Å². The minimum atomic E-state index is -1.64. The van der Waals surface area contributed by atoms with E-state index in [-0.39, 0.29) is 5.56 Å². The number of benzene rings is 2. The molecule has 0 atom stereocenters. The molecule has 0 radical (unpaired) electrons. The molecule has 0 unspecified atom stereocenters. The van der Waals surface area contributed by atoms with Gasteiger partial charge in [-0.05, 0) is 24.3 Å². The lowest BCUT2D eigenvalue weighted by Crippen LogP contribution is -2.11. The summed E-state index contributed by atoms with van der Waals surface area (Å²) in [4.78, 5) is 13.9. The second-order valence-electron chi connectivity index (χ2n) is 4.50. The van der Waals surface area contributed by atoms with Crippen molar-refractivity contribution in [1.29, 1.82) is 0 Å². The van der Waals surface area contributed by atoms with E-state index in [0.717, 1.165) is 17.8 Å². The lowest BCUT2D eigenvalue weighted by molar-refractivity contribution is 0.103. The van der Waals surface area contributed by atoms with Crippen LogP contribution in [-0.4, -0.2) is 19.9 Å². The highest BCUT2D eigenvalue weighted by molar-refractivity contribution is 6.09. The van der Waals surface area contributed by atoms with Crippen LogP contribution in [0.2, 0.25) is 0 Å². The summed E-state index contributed by atoms with van der Waals surface area (Å²) >= 11 is 0. The van der Waals surface area contributed by atoms with Crippen molar-refractivity contribution >= 4 is 11.5 Å². The van der Waals surface area contributed by atoms with Crippen LogP contribution in [0.3, 0.4) is 0 Å². The Kier molecular flexibility index (Phi) is 3.79. The van der Waals surface area contributed by atoms with Crippen molar-refractivity contribution < 1.29 is 18.0 Å². The first-order valence-corrected chi connectivity index (χ1v) is 5.87. The van der Waals surface area contributed by atoms with Gasteiger partial charge in [0.15, 0.2) is 23.2 Å². The van der Waals surface area contributed by atoms with Crippen LogP contribution in [0.5, 0.6) is 0 Å². The van der Waals surface area contributed by atoms with Gasteiger partial charge in [-0.1, -0.05) is 12.1 Å². The minimum Gasteiger partial charge on any atom is -0.378 e. The molecular weight excluding hydrogens is 267 g/mol. The fourth-order valence-corrected chi connectivity index (χ4v) is 1.78. The zero-order valence-electron chi connectivity index (χ0n) is 11.0. The molecule has 0 fully saturated rings. The highest BCUT2D eigenvalue weighted by Gasteiger charge is 2.20. The molecule has 0 aromatic heterocycles. The number of ketones is 1. The van der Waals surface area contributed by atoms with Gasteiger partial charge < -0.3 is 4.90 Å². The van der Waals surface area contributed by atoms with Crippen molar-refractivity contribution in [2.24, 2.45) is 0 Å². The first kappa shape index (κ1) is 14.1. The summed E-state index contributed by atoms with van der Waals surface area (Å²) in [5.74, 6) is -5.11. The first-order chi connectivity index (χ1) is 9.41. The van der Waals surface area contributed by atoms with E-state index < -0.39 is 28.8 Å². The summed E-state index contributed by atoms with van der Waals surface area (Å²) in [5.41, 5.74) is 0.472. The summed E-state index contributed by atoms with van der Waals surface area (Å²) in [6.45, 7) is 0. The van der Waals surface area contributed by atoms with Crippen LogP contribution in [0, 0.1) is 17.5 Å². The third-order valence-corrected chi connectivity index (χ3v) is 2.90. The Balaban J connectivity index is 2.47. The number of carbonyl (C=O) groups excluding carboxylic acids is 1. The van der Waals surface area contributed by atoms with Gasteiger partial charge >= 0.3 is 0 Å². The summed E-state index contributed by atoms with van der Waals surface area (Å²) in [6, 6.07) is 8.15. The topological polar surface area (TPSA) is 20.3 Å². The number of carbonyl (C=O) groups is 1. The number of hydrogen-bond acceptors (Lipinski definition) is 2. The first-order valence-electron chi connectivity index (χ1n) is 5.87. The van der Waals surface area contributed by atoms with Crippen LogP contribution >= 0.6 is 0 Å². The SMILES string of the molecule is CN(C)c1cccc(C(=O)c2ccc(F)c(F)c2F)c1. The molecule has 0 aliphatic carbocycles. The molecule has 0 heterocycles. The Morgan fingerprint density at radius 1 is 1.00 bits per heavy atom. The van der Waals surface area contributed by atoms with Crippen LogP contribution in [0.1, 0.15) is 15.9 Å². The van der Waals surface area contributed by atoms with Gasteiger partial charge in [-0.25, -0.2) is 13.2 Å². The fraction of sp³-hybridized carbons (Fsp3) is 0.133. The molecule has 0 spiro atoms. The lowest BCUT2D eigenvalue weighted by Gasteiger charge is -2.13. The number of nitrogens with zero attached hydrogens (tertiary/aromatic N) is 1. The Hall–Kier alpha value is -2.30. The van der Waals surface area contributed by atoms with Crippen LogP contribution in [0.25, 0.3) is 0 Å². The minimum absolute atomic E-state index is 0.209. The summed E-state index contributed by atoms with van der Waals surface area (Å²) < 4.78 is 39.6. The maximum absolute atomic E-state index is 13.6. The highest BCUT2D eigenvalue weighted by atomic mass is 19.2. The Labute approximate surface area is 114 Å². The van der Waals surface area contributed by atoms with E-state index in [1.807, 2.05) is 0 Å². The molecule has 20 heavy (non-hydrogen) atoms. The molecule has 0 amide bonds. The summed E-state index contributed by atoms with van der Waals surface area (Å²) in [6.07, 6.45) is 0. The van der Waals surface area contributed by atoms with E-state index in [4.69, 9.17) is 0 Å². The molecule has 0 aliphatic heterocycles. The maximum Gasteiger partial charge on any atom is 0.196 e. The van der Waals surface area contributed by atoms with Crippen LogP contribution in [0.4, 0.5) is 18.9 Å². The van der Waals surface area contributed by atoms with Crippen LogP contribution < -0.4 is 4.90 Å². The van der Waals surface area contributed by atoms with Gasteiger partial charge in [-0.2, -0.15) is 0 Å². The van der Waals surface area contributed by atoms with Crippen molar-refractivity contribution in [2.45, 2.75) is 0 Å². The predicted octanol–water partition coefficient (Wildman–Crippen LogP) is 3.40. The molecule has 2 aromatic carbocycles. The number of halogens is 3. The predicted molar refractivity (Wildman–Crippen MR) is 70.5 cm³/mol. The molecule has 0 N–H and O–H groups in total. The third kappa shape index (κ3) is 2.52. The van der Waals surface area contributed by atoms with E-state index in [0.29, 0.717) is 0 Å². The largest absolute Gasteiger partial charge is 0.378 e. The maximum atomic E-state index is 13.6. The molecular formula is C15H12F3NO. The molecule has 0 saturated carbocycles. The molecule has 2 rings (SSSR count). The molecule has 2 nitrogen and oxygen atoms in total. The third-order valence-electron chi connectivity index (χ3n) is 2.90. The molecule has 0 aliphatic rings. The van der Waals surface area contributed by atoms with Crippen molar-refractivity contribution in [3.8, 4) is 0 Å². The second kappa shape index (κ2) is 5.36. The molecule has 5 heteroatoms. The van der Waals surface area contributed by atoms with Gasteiger partial charge in [0.2, 0.25) is 0 Å². The molecule has 104 valence electrons. The normalized spacial score (nSPS) is 10.4. The molecule has 0 bridgehead atoms. The van der Waals surface area contributed by atoms with Gasteiger partial charge in [0.1, 0.15) is 0 Å². The quantitative estimate of drug-likeness (QED) is 0.634. The highest BCUT2D eigenvalue weighted by Crippen LogP contribution is 2.21. The van der Waals surface area contributed by atoms with Crippen LogP contribution in [-0.2, 0) is 0 Å². The Morgan fingerprint density at radius 2 is 1.70 bits per heavy atom. The zero-order valence-corrected chi connectivity index (χ0v) is 11.0. The molecule has 0 saturated heterocycles. The molecule has 2 aromatic rings. The number of rotatable bonds is 3. The van der Waals surface area contributed by atoms with E-state index in [1.54, 1.807) is 37.2 Å². The van der Waals surface area contributed by atoms with Crippen molar-refractivity contribution in [1.82, 2.24) is 0 Å². The lowest BCUT2D eigenvalue weighted by atomic mass is 10.0. The summed E-state index contributed by atoms with van der Waals surface area (Å²) in [5, 5.41) is 0. The zero-order chi connectivity index (χ0) is 14.9. The average Bonchev–Trinajstić information content (AvgIpc) is 2.44. The van der Waals surface area contributed by atoms with E-state index in [2.05, 4.69) is 0 Å². The second-order valence-corrected chi connectivity index (χ2v) is 4.50. The van der Waals surface area contributed by atoms with Crippen molar-refractivity contribution in [3.05, 3.63) is 65.0 Å². The smallest absolute Gasteiger partial charge is 0.196 e. The van der Waals surface area contributed by atoms with E-state index >= 15 is 0 Å². The van der Waals surface area contributed by atoms with Gasteiger partial charge in [0.05, 0.1) is 5.56 Å². The Morgan fingerprint density at radius 3 is 2.35 bits per heavy atom. The van der Waals surface area contributed by atoms with Crippen LogP contribution in [0.15, 0.2) is 36.4 Å². The average molecular weight is 279 g/mol. The fourth-order valence-electron chi connectivity index (χ4n) is 1.78. The number of anilines is 1. The number of hydrogen-bond donors (Lipinski definition) is 0. The Bertz CT molecular complexity index is 668. The monoisotopic (exact) mass is 279 g/mol.